The van der Waals surface area contributed by atoms with Crippen LogP contribution in [-0.2, 0) is 4.74 Å². The normalized spacial score (nSPS) is 24.2. The first kappa shape index (κ1) is 9.52. The monoisotopic (exact) mass is 170 g/mol. The summed E-state index contributed by atoms with van der Waals surface area (Å²) in [7, 11) is 0. The molecule has 1 aliphatic heterocycles. The van der Waals surface area contributed by atoms with Gasteiger partial charge in [-0.2, -0.15) is 0 Å². The summed E-state index contributed by atoms with van der Waals surface area (Å²) in [6, 6.07) is 0. The zero-order chi connectivity index (χ0) is 8.97. The van der Waals surface area contributed by atoms with Gasteiger partial charge in [-0.15, -0.1) is 0 Å². The SMILES string of the molecule is CCOC1CCCN(C(C)=N)C1. The summed E-state index contributed by atoms with van der Waals surface area (Å²) in [5, 5.41) is 7.48. The predicted octanol–water partition coefficient (Wildman–Crippen LogP) is 1.48. The van der Waals surface area contributed by atoms with Crippen LogP contribution in [0.4, 0.5) is 0 Å². The van der Waals surface area contributed by atoms with Crippen LogP contribution in [-0.4, -0.2) is 36.5 Å². The van der Waals surface area contributed by atoms with Crippen molar-refractivity contribution < 1.29 is 4.74 Å². The second-order valence-corrected chi connectivity index (χ2v) is 3.25. The summed E-state index contributed by atoms with van der Waals surface area (Å²) in [4.78, 5) is 2.09. The Morgan fingerprint density at radius 1 is 1.67 bits per heavy atom. The maximum Gasteiger partial charge on any atom is 0.0926 e. The highest BCUT2D eigenvalue weighted by atomic mass is 16.5. The summed E-state index contributed by atoms with van der Waals surface area (Å²) in [5.74, 6) is 0.666. The van der Waals surface area contributed by atoms with Crippen LogP contribution < -0.4 is 0 Å². The Labute approximate surface area is 74.2 Å². The molecule has 0 aliphatic carbocycles. The van der Waals surface area contributed by atoms with E-state index in [2.05, 4.69) is 4.90 Å². The summed E-state index contributed by atoms with van der Waals surface area (Å²) >= 11 is 0. The van der Waals surface area contributed by atoms with Gasteiger partial charge in [0.2, 0.25) is 0 Å². The molecule has 1 aliphatic rings. The Bertz CT molecular complexity index is 157. The van der Waals surface area contributed by atoms with E-state index in [1.165, 1.54) is 0 Å². The van der Waals surface area contributed by atoms with E-state index in [1.54, 1.807) is 0 Å². The van der Waals surface area contributed by atoms with Crippen molar-refractivity contribution in [3.8, 4) is 0 Å². The van der Waals surface area contributed by atoms with E-state index in [9.17, 15) is 0 Å². The molecular formula is C9H18N2O. The van der Waals surface area contributed by atoms with Gasteiger partial charge in [-0.05, 0) is 26.7 Å². The van der Waals surface area contributed by atoms with Crippen LogP contribution in [0.15, 0.2) is 0 Å². The lowest BCUT2D eigenvalue weighted by Crippen LogP contribution is -2.41. The molecule has 70 valence electrons. The number of rotatable bonds is 2. The number of hydrogen-bond acceptors (Lipinski definition) is 2. The lowest BCUT2D eigenvalue weighted by Gasteiger charge is -2.33. The summed E-state index contributed by atoms with van der Waals surface area (Å²) < 4.78 is 5.52. The van der Waals surface area contributed by atoms with Crippen LogP contribution in [0.3, 0.4) is 0 Å². The van der Waals surface area contributed by atoms with Gasteiger partial charge in [-0.3, -0.25) is 5.41 Å². The van der Waals surface area contributed by atoms with Gasteiger partial charge in [0.1, 0.15) is 0 Å². The van der Waals surface area contributed by atoms with E-state index in [0.29, 0.717) is 11.9 Å². The molecular weight excluding hydrogens is 152 g/mol. The molecule has 0 aromatic carbocycles. The molecule has 0 radical (unpaired) electrons. The third-order valence-corrected chi connectivity index (χ3v) is 2.25. The molecule has 1 atom stereocenters. The molecule has 3 nitrogen and oxygen atoms in total. The molecule has 0 aromatic rings. The van der Waals surface area contributed by atoms with Gasteiger partial charge < -0.3 is 9.64 Å². The van der Waals surface area contributed by atoms with Crippen LogP contribution in [0.25, 0.3) is 0 Å². The molecule has 0 amide bonds. The topological polar surface area (TPSA) is 36.3 Å². The Kier molecular flexibility index (Phi) is 3.53. The van der Waals surface area contributed by atoms with Gasteiger partial charge in [0, 0.05) is 19.7 Å². The van der Waals surface area contributed by atoms with Crippen molar-refractivity contribution in [3.05, 3.63) is 0 Å². The van der Waals surface area contributed by atoms with Crippen LogP contribution in [0.5, 0.6) is 0 Å². The van der Waals surface area contributed by atoms with Crippen molar-refractivity contribution in [1.82, 2.24) is 4.90 Å². The van der Waals surface area contributed by atoms with Crippen molar-refractivity contribution in [3.63, 3.8) is 0 Å². The summed E-state index contributed by atoms with van der Waals surface area (Å²) in [5.41, 5.74) is 0. The minimum absolute atomic E-state index is 0.351. The van der Waals surface area contributed by atoms with Gasteiger partial charge in [-0.1, -0.05) is 0 Å². The lowest BCUT2D eigenvalue weighted by atomic mass is 10.1. The number of ether oxygens (including phenoxy) is 1. The zero-order valence-corrected chi connectivity index (χ0v) is 7.97. The highest BCUT2D eigenvalue weighted by molar-refractivity contribution is 5.76. The van der Waals surface area contributed by atoms with Crippen molar-refractivity contribution in [2.45, 2.75) is 32.8 Å². The largest absolute Gasteiger partial charge is 0.377 e. The van der Waals surface area contributed by atoms with E-state index in [1.807, 2.05) is 13.8 Å². The quantitative estimate of drug-likeness (QED) is 0.503. The maximum atomic E-state index is 7.48. The van der Waals surface area contributed by atoms with Gasteiger partial charge in [0.05, 0.1) is 11.9 Å². The molecule has 12 heavy (non-hydrogen) atoms. The Morgan fingerprint density at radius 3 is 3.00 bits per heavy atom. The summed E-state index contributed by atoms with van der Waals surface area (Å²) in [6.45, 7) is 6.59. The molecule has 1 unspecified atom stereocenters. The Balaban J connectivity index is 2.35. The number of hydrogen-bond donors (Lipinski definition) is 1. The van der Waals surface area contributed by atoms with E-state index in [0.717, 1.165) is 32.5 Å². The van der Waals surface area contributed by atoms with Gasteiger partial charge in [0.25, 0.3) is 0 Å². The van der Waals surface area contributed by atoms with Crippen LogP contribution in [0.1, 0.15) is 26.7 Å². The van der Waals surface area contributed by atoms with Gasteiger partial charge in [0.15, 0.2) is 0 Å². The molecule has 1 heterocycles. The standard InChI is InChI=1S/C9H18N2O/c1-3-12-9-5-4-6-11(7-9)8(2)10/h9-10H,3-7H2,1-2H3. The Hall–Kier alpha value is -0.570. The van der Waals surface area contributed by atoms with E-state index in [-0.39, 0.29) is 0 Å². The summed E-state index contributed by atoms with van der Waals surface area (Å²) in [6.07, 6.45) is 2.66. The first-order valence-corrected chi connectivity index (χ1v) is 4.65. The minimum atomic E-state index is 0.351. The van der Waals surface area contributed by atoms with Gasteiger partial charge in [-0.25, -0.2) is 0 Å². The van der Waals surface area contributed by atoms with Crippen LogP contribution in [0.2, 0.25) is 0 Å². The van der Waals surface area contributed by atoms with E-state index < -0.39 is 0 Å². The first-order valence-electron chi connectivity index (χ1n) is 4.65. The lowest BCUT2D eigenvalue weighted by molar-refractivity contribution is 0.0233. The number of amidine groups is 1. The van der Waals surface area contributed by atoms with Crippen LogP contribution >= 0.6 is 0 Å². The van der Waals surface area contributed by atoms with Crippen molar-refractivity contribution in [1.29, 1.82) is 5.41 Å². The minimum Gasteiger partial charge on any atom is -0.377 e. The predicted molar refractivity (Wildman–Crippen MR) is 49.6 cm³/mol. The maximum absolute atomic E-state index is 7.48. The number of likely N-dealkylation sites (tertiary alicyclic amines) is 1. The average molecular weight is 170 g/mol. The fraction of sp³-hybridized carbons (Fsp3) is 0.889. The van der Waals surface area contributed by atoms with E-state index >= 15 is 0 Å². The van der Waals surface area contributed by atoms with Crippen molar-refractivity contribution in [2.24, 2.45) is 0 Å². The highest BCUT2D eigenvalue weighted by Gasteiger charge is 2.19. The number of nitrogens with one attached hydrogen (secondary N) is 1. The van der Waals surface area contributed by atoms with Crippen molar-refractivity contribution in [2.75, 3.05) is 19.7 Å². The molecule has 1 rings (SSSR count). The average Bonchev–Trinajstić information content (AvgIpc) is 2.05. The van der Waals surface area contributed by atoms with Crippen LogP contribution in [0, 0.1) is 5.41 Å². The molecule has 1 saturated heterocycles. The molecule has 0 aromatic heterocycles. The third kappa shape index (κ3) is 2.48. The second-order valence-electron chi connectivity index (χ2n) is 3.25. The number of piperidine rings is 1. The first-order chi connectivity index (χ1) is 5.74. The van der Waals surface area contributed by atoms with Crippen molar-refractivity contribution >= 4 is 5.84 Å². The number of nitrogens with zero attached hydrogens (tertiary/aromatic N) is 1. The highest BCUT2D eigenvalue weighted by Crippen LogP contribution is 2.12. The van der Waals surface area contributed by atoms with E-state index in [4.69, 9.17) is 10.1 Å². The molecule has 0 spiro atoms. The molecule has 3 heteroatoms. The Morgan fingerprint density at radius 2 is 2.42 bits per heavy atom. The van der Waals surface area contributed by atoms with Gasteiger partial charge >= 0.3 is 0 Å². The fourth-order valence-corrected chi connectivity index (χ4v) is 1.61. The fourth-order valence-electron chi connectivity index (χ4n) is 1.61. The second kappa shape index (κ2) is 4.45. The smallest absolute Gasteiger partial charge is 0.0926 e. The molecule has 0 saturated carbocycles. The third-order valence-electron chi connectivity index (χ3n) is 2.25. The molecule has 1 fully saturated rings. The molecule has 1 N–H and O–H groups in total. The molecule has 0 bridgehead atoms. The zero-order valence-electron chi connectivity index (χ0n) is 7.97.